The van der Waals surface area contributed by atoms with Gasteiger partial charge >= 0.3 is 0 Å². The number of piperazine rings is 1. The number of hydrogen-bond acceptors (Lipinski definition) is 6. The molecule has 34 heavy (non-hydrogen) atoms. The normalized spacial score (nSPS) is 17.6. The van der Waals surface area contributed by atoms with Crippen LogP contribution in [-0.2, 0) is 11.3 Å². The molecule has 3 aromatic rings. The molecule has 0 N–H and O–H groups in total. The standard InChI is InChI=1S/C24H27F2N7O/c1-17-11-18(2)33(29-17)14-22(34)31-9-7-30(8-10-31)21-6-4-3-5-20(21)19-12-27-23(28-13-19)32-15-24(25,26)16-32/h3-6,11-13H,7-10,14-16H2,1-2H3. The summed E-state index contributed by atoms with van der Waals surface area (Å²) in [4.78, 5) is 27.0. The number of rotatable bonds is 5. The number of halogens is 2. The van der Waals surface area contributed by atoms with Gasteiger partial charge in [0, 0.05) is 61.1 Å². The summed E-state index contributed by atoms with van der Waals surface area (Å²) in [5.41, 5.74) is 4.74. The van der Waals surface area contributed by atoms with E-state index in [-0.39, 0.29) is 25.5 Å². The number of aryl methyl sites for hydroxylation is 2. The number of para-hydroxylation sites is 1. The predicted octanol–water partition coefficient (Wildman–Crippen LogP) is 2.76. The molecule has 2 aromatic heterocycles. The smallest absolute Gasteiger partial charge is 0.282 e. The Hall–Kier alpha value is -3.56. The summed E-state index contributed by atoms with van der Waals surface area (Å²) < 4.78 is 28.1. The molecule has 10 heteroatoms. The number of amides is 1. The molecule has 0 bridgehead atoms. The summed E-state index contributed by atoms with van der Waals surface area (Å²) in [7, 11) is 0. The third-order valence-corrected chi connectivity index (χ3v) is 6.34. The molecule has 5 rings (SSSR count). The van der Waals surface area contributed by atoms with Crippen LogP contribution in [0.25, 0.3) is 11.1 Å². The van der Waals surface area contributed by atoms with Crippen molar-refractivity contribution in [3.05, 3.63) is 54.1 Å². The third-order valence-electron chi connectivity index (χ3n) is 6.34. The van der Waals surface area contributed by atoms with E-state index in [0.29, 0.717) is 32.1 Å². The van der Waals surface area contributed by atoms with E-state index in [1.807, 2.05) is 49.1 Å². The molecule has 8 nitrogen and oxygen atoms in total. The van der Waals surface area contributed by atoms with Crippen LogP contribution in [0.5, 0.6) is 0 Å². The Morgan fingerprint density at radius 1 is 1.00 bits per heavy atom. The van der Waals surface area contributed by atoms with Crippen LogP contribution in [0.3, 0.4) is 0 Å². The Balaban J connectivity index is 1.24. The highest BCUT2D eigenvalue weighted by molar-refractivity contribution is 5.79. The Morgan fingerprint density at radius 3 is 2.29 bits per heavy atom. The number of carbonyl (C=O) groups excluding carboxylic acids is 1. The lowest BCUT2D eigenvalue weighted by molar-refractivity contribution is -0.132. The van der Waals surface area contributed by atoms with Crippen LogP contribution in [0.4, 0.5) is 20.4 Å². The first-order valence-corrected chi connectivity index (χ1v) is 11.4. The first-order valence-electron chi connectivity index (χ1n) is 11.4. The fourth-order valence-corrected chi connectivity index (χ4v) is 4.53. The van der Waals surface area contributed by atoms with E-state index in [1.54, 1.807) is 17.1 Å². The molecule has 2 aliphatic heterocycles. The maximum absolute atomic E-state index is 13.2. The molecule has 2 saturated heterocycles. The molecule has 0 radical (unpaired) electrons. The fraction of sp³-hybridized carbons (Fsp3) is 0.417. The summed E-state index contributed by atoms with van der Waals surface area (Å²) >= 11 is 0. The molecular weight excluding hydrogens is 440 g/mol. The first kappa shape index (κ1) is 22.2. The molecule has 0 saturated carbocycles. The summed E-state index contributed by atoms with van der Waals surface area (Å²) in [5, 5.41) is 4.39. The largest absolute Gasteiger partial charge is 0.367 e. The highest BCUT2D eigenvalue weighted by Crippen LogP contribution is 2.33. The lowest BCUT2D eigenvalue weighted by Gasteiger charge is -2.38. The van der Waals surface area contributed by atoms with Crippen molar-refractivity contribution in [2.75, 3.05) is 49.1 Å². The van der Waals surface area contributed by atoms with Crippen LogP contribution in [0, 0.1) is 13.8 Å². The third kappa shape index (κ3) is 4.44. The Morgan fingerprint density at radius 2 is 1.68 bits per heavy atom. The number of nitrogens with zero attached hydrogens (tertiary/aromatic N) is 7. The van der Waals surface area contributed by atoms with E-state index in [0.717, 1.165) is 28.2 Å². The minimum atomic E-state index is -2.66. The van der Waals surface area contributed by atoms with Crippen molar-refractivity contribution >= 4 is 17.5 Å². The molecule has 0 unspecified atom stereocenters. The zero-order valence-corrected chi connectivity index (χ0v) is 19.3. The van der Waals surface area contributed by atoms with Gasteiger partial charge in [-0.05, 0) is 26.0 Å². The number of alkyl halides is 2. The van der Waals surface area contributed by atoms with Gasteiger partial charge in [-0.3, -0.25) is 9.48 Å². The zero-order chi connectivity index (χ0) is 23.9. The molecule has 2 aliphatic rings. The molecule has 1 amide bonds. The van der Waals surface area contributed by atoms with E-state index in [2.05, 4.69) is 20.0 Å². The number of benzene rings is 1. The second-order valence-corrected chi connectivity index (χ2v) is 8.95. The summed E-state index contributed by atoms with van der Waals surface area (Å²) in [6, 6.07) is 9.96. The topological polar surface area (TPSA) is 70.4 Å². The Labute approximate surface area is 196 Å². The van der Waals surface area contributed by atoms with Crippen LogP contribution in [0.1, 0.15) is 11.4 Å². The lowest BCUT2D eigenvalue weighted by atomic mass is 10.1. The van der Waals surface area contributed by atoms with Gasteiger partial charge in [0.25, 0.3) is 5.92 Å². The van der Waals surface area contributed by atoms with Gasteiger partial charge in [-0.25, -0.2) is 18.7 Å². The average molecular weight is 468 g/mol. The van der Waals surface area contributed by atoms with Crippen molar-refractivity contribution < 1.29 is 13.6 Å². The lowest BCUT2D eigenvalue weighted by Crippen LogP contribution is -2.57. The van der Waals surface area contributed by atoms with Gasteiger partial charge in [0.1, 0.15) is 6.54 Å². The zero-order valence-electron chi connectivity index (χ0n) is 19.3. The van der Waals surface area contributed by atoms with Crippen LogP contribution < -0.4 is 9.80 Å². The van der Waals surface area contributed by atoms with E-state index in [1.165, 1.54) is 4.90 Å². The van der Waals surface area contributed by atoms with Gasteiger partial charge in [-0.2, -0.15) is 5.10 Å². The number of carbonyl (C=O) groups is 1. The van der Waals surface area contributed by atoms with Gasteiger partial charge in [-0.1, -0.05) is 18.2 Å². The summed E-state index contributed by atoms with van der Waals surface area (Å²) in [6.07, 6.45) is 3.37. The van der Waals surface area contributed by atoms with Crippen molar-refractivity contribution in [3.63, 3.8) is 0 Å². The van der Waals surface area contributed by atoms with E-state index in [4.69, 9.17) is 0 Å². The summed E-state index contributed by atoms with van der Waals surface area (Å²) in [5.74, 6) is -2.27. The Kier molecular flexibility index (Phi) is 5.66. The molecule has 2 fully saturated rings. The SMILES string of the molecule is Cc1cc(C)n(CC(=O)N2CCN(c3ccccc3-c3cnc(N4CC(F)(F)C4)nc3)CC2)n1. The molecule has 1 aromatic carbocycles. The van der Waals surface area contributed by atoms with E-state index in [9.17, 15) is 13.6 Å². The van der Waals surface area contributed by atoms with Crippen LogP contribution in [0.15, 0.2) is 42.7 Å². The van der Waals surface area contributed by atoms with Crippen molar-refractivity contribution in [1.82, 2.24) is 24.6 Å². The van der Waals surface area contributed by atoms with Gasteiger partial charge in [-0.15, -0.1) is 0 Å². The van der Waals surface area contributed by atoms with Gasteiger partial charge in [0.2, 0.25) is 11.9 Å². The van der Waals surface area contributed by atoms with Crippen molar-refractivity contribution in [1.29, 1.82) is 0 Å². The monoisotopic (exact) mass is 467 g/mol. The van der Waals surface area contributed by atoms with Crippen LogP contribution in [0.2, 0.25) is 0 Å². The van der Waals surface area contributed by atoms with Crippen molar-refractivity contribution in [3.8, 4) is 11.1 Å². The maximum Gasteiger partial charge on any atom is 0.282 e. The quantitative estimate of drug-likeness (QED) is 0.575. The second kappa shape index (κ2) is 8.66. The highest BCUT2D eigenvalue weighted by Gasteiger charge is 2.45. The van der Waals surface area contributed by atoms with E-state index >= 15 is 0 Å². The molecule has 0 aliphatic carbocycles. The maximum atomic E-state index is 13.2. The summed E-state index contributed by atoms with van der Waals surface area (Å²) in [6.45, 7) is 6.13. The molecule has 0 spiro atoms. The molecule has 0 atom stereocenters. The van der Waals surface area contributed by atoms with Crippen LogP contribution in [-0.4, -0.2) is 75.7 Å². The average Bonchev–Trinajstić information content (AvgIpc) is 3.14. The highest BCUT2D eigenvalue weighted by atomic mass is 19.3. The molecule has 178 valence electrons. The number of aromatic nitrogens is 4. The van der Waals surface area contributed by atoms with Gasteiger partial charge in [0.05, 0.1) is 18.8 Å². The fourth-order valence-electron chi connectivity index (χ4n) is 4.53. The predicted molar refractivity (Wildman–Crippen MR) is 125 cm³/mol. The van der Waals surface area contributed by atoms with E-state index < -0.39 is 5.92 Å². The second-order valence-electron chi connectivity index (χ2n) is 8.95. The minimum absolute atomic E-state index is 0.0692. The Bertz CT molecular complexity index is 1180. The molecule has 4 heterocycles. The number of anilines is 2. The minimum Gasteiger partial charge on any atom is -0.367 e. The van der Waals surface area contributed by atoms with Crippen LogP contribution >= 0.6 is 0 Å². The first-order chi connectivity index (χ1) is 16.3. The van der Waals surface area contributed by atoms with Gasteiger partial charge in [0.15, 0.2) is 0 Å². The number of hydrogen-bond donors (Lipinski definition) is 0. The van der Waals surface area contributed by atoms with Crippen molar-refractivity contribution in [2.45, 2.75) is 26.3 Å². The molecular formula is C24H27F2N7O. The van der Waals surface area contributed by atoms with Crippen molar-refractivity contribution in [2.24, 2.45) is 0 Å². The van der Waals surface area contributed by atoms with Gasteiger partial charge < -0.3 is 14.7 Å².